The van der Waals surface area contributed by atoms with Crippen LogP contribution in [0.1, 0.15) is 64.2 Å². The van der Waals surface area contributed by atoms with E-state index >= 15 is 0 Å². The van der Waals surface area contributed by atoms with Gasteiger partial charge in [0.25, 0.3) is 0 Å². The number of Topliss-reactive ketones (excluding diaryl/α,β-unsaturated/α-hetero) is 1. The van der Waals surface area contributed by atoms with E-state index in [4.69, 9.17) is 4.74 Å². The molecule has 0 aromatic heterocycles. The topological polar surface area (TPSA) is 43.4 Å². The molecule has 5 aliphatic carbocycles. The SMILES string of the molecule is O=C1CCCC[C@H]1OC(=O)C12CC3CC(CC(C3)C1)C2. The summed E-state index contributed by atoms with van der Waals surface area (Å²) < 4.78 is 5.70. The van der Waals surface area contributed by atoms with E-state index in [2.05, 4.69) is 0 Å². The summed E-state index contributed by atoms with van der Waals surface area (Å²) in [6, 6.07) is 0. The molecule has 5 rings (SSSR count). The first kappa shape index (κ1) is 12.8. The highest BCUT2D eigenvalue weighted by Gasteiger charge is 2.56. The van der Waals surface area contributed by atoms with Crippen molar-refractivity contribution in [1.82, 2.24) is 0 Å². The molecule has 0 heterocycles. The Morgan fingerprint density at radius 3 is 2.15 bits per heavy atom. The Morgan fingerprint density at radius 2 is 1.60 bits per heavy atom. The molecule has 20 heavy (non-hydrogen) atoms. The quantitative estimate of drug-likeness (QED) is 0.727. The van der Waals surface area contributed by atoms with Gasteiger partial charge in [0.1, 0.15) is 0 Å². The third-order valence-electron chi connectivity index (χ3n) is 6.22. The van der Waals surface area contributed by atoms with Gasteiger partial charge < -0.3 is 4.74 Å². The Bertz CT molecular complexity index is 404. The first-order valence-corrected chi connectivity index (χ1v) is 8.38. The van der Waals surface area contributed by atoms with E-state index in [1.54, 1.807) is 0 Å². The molecule has 0 radical (unpaired) electrons. The molecule has 5 aliphatic rings. The van der Waals surface area contributed by atoms with Gasteiger partial charge >= 0.3 is 5.97 Å². The minimum Gasteiger partial charge on any atom is -0.454 e. The maximum atomic E-state index is 12.7. The molecule has 5 fully saturated rings. The van der Waals surface area contributed by atoms with Crippen LogP contribution in [-0.2, 0) is 14.3 Å². The predicted octanol–water partition coefficient (Wildman–Crippen LogP) is 3.26. The highest BCUT2D eigenvalue weighted by molar-refractivity contribution is 5.87. The zero-order valence-electron chi connectivity index (χ0n) is 12.1. The molecule has 110 valence electrons. The maximum Gasteiger partial charge on any atom is 0.312 e. The van der Waals surface area contributed by atoms with Crippen LogP contribution in [0.5, 0.6) is 0 Å². The molecule has 4 bridgehead atoms. The first-order valence-electron chi connectivity index (χ1n) is 8.38. The Hall–Kier alpha value is -0.860. The summed E-state index contributed by atoms with van der Waals surface area (Å²) in [5.74, 6) is 2.36. The van der Waals surface area contributed by atoms with Crippen LogP contribution in [0.15, 0.2) is 0 Å². The van der Waals surface area contributed by atoms with Gasteiger partial charge in [0.05, 0.1) is 5.41 Å². The van der Waals surface area contributed by atoms with Gasteiger partial charge in [-0.05, 0) is 75.5 Å². The molecule has 1 atom stereocenters. The van der Waals surface area contributed by atoms with E-state index in [-0.39, 0.29) is 17.2 Å². The van der Waals surface area contributed by atoms with Crippen molar-refractivity contribution in [2.45, 2.75) is 70.3 Å². The molecule has 0 aliphatic heterocycles. The Morgan fingerprint density at radius 1 is 1.00 bits per heavy atom. The van der Waals surface area contributed by atoms with E-state index in [1.165, 1.54) is 19.3 Å². The van der Waals surface area contributed by atoms with Gasteiger partial charge in [0.15, 0.2) is 11.9 Å². The third-order valence-corrected chi connectivity index (χ3v) is 6.22. The smallest absolute Gasteiger partial charge is 0.312 e. The number of carbonyl (C=O) groups is 2. The summed E-state index contributed by atoms with van der Waals surface area (Å²) in [4.78, 5) is 24.6. The highest BCUT2D eigenvalue weighted by Crippen LogP contribution is 2.60. The summed E-state index contributed by atoms with van der Waals surface area (Å²) in [6.45, 7) is 0. The molecule has 0 aromatic carbocycles. The molecular weight excluding hydrogens is 252 g/mol. The van der Waals surface area contributed by atoms with E-state index < -0.39 is 6.10 Å². The lowest BCUT2D eigenvalue weighted by atomic mass is 9.49. The minimum absolute atomic E-state index is 0.0307. The molecule has 0 amide bonds. The average molecular weight is 276 g/mol. The largest absolute Gasteiger partial charge is 0.454 e. The summed E-state index contributed by atoms with van der Waals surface area (Å²) in [5, 5.41) is 0. The number of esters is 1. The molecule has 3 heteroatoms. The maximum absolute atomic E-state index is 12.7. The normalized spacial score (nSPS) is 46.5. The van der Waals surface area contributed by atoms with Crippen molar-refractivity contribution >= 4 is 11.8 Å². The van der Waals surface area contributed by atoms with Crippen LogP contribution in [0.25, 0.3) is 0 Å². The van der Waals surface area contributed by atoms with Gasteiger partial charge in [-0.25, -0.2) is 0 Å². The third kappa shape index (κ3) is 2.01. The van der Waals surface area contributed by atoms with E-state index in [1.807, 2.05) is 0 Å². The first-order chi connectivity index (χ1) is 9.64. The molecule has 0 spiro atoms. The molecule has 0 saturated heterocycles. The van der Waals surface area contributed by atoms with Gasteiger partial charge in [0, 0.05) is 6.42 Å². The van der Waals surface area contributed by atoms with Crippen LogP contribution in [-0.4, -0.2) is 17.9 Å². The van der Waals surface area contributed by atoms with Crippen molar-refractivity contribution in [1.29, 1.82) is 0 Å². The van der Waals surface area contributed by atoms with Crippen LogP contribution >= 0.6 is 0 Å². The number of carbonyl (C=O) groups excluding carboxylic acids is 2. The molecule has 0 unspecified atom stereocenters. The molecule has 0 N–H and O–H groups in total. The fourth-order valence-electron chi connectivity index (χ4n) is 5.69. The number of ether oxygens (including phenoxy) is 1. The predicted molar refractivity (Wildman–Crippen MR) is 74.0 cm³/mol. The van der Waals surface area contributed by atoms with Gasteiger partial charge in [-0.3, -0.25) is 9.59 Å². The van der Waals surface area contributed by atoms with Crippen LogP contribution < -0.4 is 0 Å². The zero-order valence-corrected chi connectivity index (χ0v) is 12.1. The lowest BCUT2D eigenvalue weighted by Crippen LogP contribution is -2.51. The number of ketones is 1. The monoisotopic (exact) mass is 276 g/mol. The van der Waals surface area contributed by atoms with Crippen molar-refractivity contribution in [2.24, 2.45) is 23.2 Å². The fraction of sp³-hybridized carbons (Fsp3) is 0.882. The molecular formula is C17H24O3. The second-order valence-corrected chi connectivity index (χ2v) is 7.80. The molecule has 3 nitrogen and oxygen atoms in total. The number of hydrogen-bond donors (Lipinski definition) is 0. The van der Waals surface area contributed by atoms with Crippen molar-refractivity contribution < 1.29 is 14.3 Å². The van der Waals surface area contributed by atoms with E-state index in [9.17, 15) is 9.59 Å². The summed E-state index contributed by atoms with van der Waals surface area (Å²) in [5.41, 5.74) is -0.216. The van der Waals surface area contributed by atoms with Crippen LogP contribution in [0.2, 0.25) is 0 Å². The van der Waals surface area contributed by atoms with E-state index in [0.717, 1.165) is 56.3 Å². The summed E-state index contributed by atoms with van der Waals surface area (Å²) in [6.07, 6.45) is 9.96. The second kappa shape index (κ2) is 4.57. The second-order valence-electron chi connectivity index (χ2n) is 7.80. The Kier molecular flexibility index (Phi) is 2.94. The number of hydrogen-bond acceptors (Lipinski definition) is 3. The van der Waals surface area contributed by atoms with Crippen LogP contribution in [0, 0.1) is 23.2 Å². The number of rotatable bonds is 2. The van der Waals surface area contributed by atoms with Crippen molar-refractivity contribution in [3.05, 3.63) is 0 Å². The van der Waals surface area contributed by atoms with Gasteiger partial charge in [-0.2, -0.15) is 0 Å². The molecule has 5 saturated carbocycles. The van der Waals surface area contributed by atoms with Gasteiger partial charge in [0.2, 0.25) is 0 Å². The zero-order chi connectivity index (χ0) is 13.7. The lowest BCUT2D eigenvalue weighted by molar-refractivity contribution is -0.180. The van der Waals surface area contributed by atoms with Crippen LogP contribution in [0.4, 0.5) is 0 Å². The average Bonchev–Trinajstić information content (AvgIpc) is 2.40. The highest BCUT2D eigenvalue weighted by atomic mass is 16.5. The summed E-state index contributed by atoms with van der Waals surface area (Å²) >= 11 is 0. The summed E-state index contributed by atoms with van der Waals surface area (Å²) in [7, 11) is 0. The minimum atomic E-state index is -0.427. The fourth-order valence-corrected chi connectivity index (χ4v) is 5.69. The van der Waals surface area contributed by atoms with Crippen molar-refractivity contribution in [2.75, 3.05) is 0 Å². The Balaban J connectivity index is 1.49. The van der Waals surface area contributed by atoms with Crippen molar-refractivity contribution in [3.63, 3.8) is 0 Å². The van der Waals surface area contributed by atoms with Crippen LogP contribution in [0.3, 0.4) is 0 Å². The van der Waals surface area contributed by atoms with Gasteiger partial charge in [-0.15, -0.1) is 0 Å². The Labute approximate surface area is 120 Å². The lowest BCUT2D eigenvalue weighted by Gasteiger charge is -2.55. The van der Waals surface area contributed by atoms with Gasteiger partial charge in [-0.1, -0.05) is 0 Å². The molecule has 0 aromatic rings. The van der Waals surface area contributed by atoms with Crippen molar-refractivity contribution in [3.8, 4) is 0 Å². The van der Waals surface area contributed by atoms with E-state index in [0.29, 0.717) is 6.42 Å². The standard InChI is InChI=1S/C17H24O3/c18-14-3-1-2-4-15(14)20-16(19)17-8-11-5-12(9-17)7-13(6-11)10-17/h11-13,15H,1-10H2/t11?,12?,13?,15-,17?/m1/s1.